The number of ether oxygens (including phenoxy) is 1. The number of hydrogen-bond donors (Lipinski definition) is 1. The number of carboxylic acid groups (broad SMARTS) is 1. The number of carbonyl (C=O) groups is 1. The number of halogens is 1. The van der Waals surface area contributed by atoms with Gasteiger partial charge in [-0.1, -0.05) is 38.4 Å². The molecule has 2 rings (SSSR count). The van der Waals surface area contributed by atoms with Gasteiger partial charge in [0.05, 0.1) is 0 Å². The number of benzene rings is 1. The van der Waals surface area contributed by atoms with Crippen LogP contribution in [0.5, 0.6) is 5.75 Å². The molecule has 0 aliphatic carbocycles. The van der Waals surface area contributed by atoms with Gasteiger partial charge in [0.2, 0.25) is 0 Å². The fourth-order valence-corrected chi connectivity index (χ4v) is 3.44. The van der Waals surface area contributed by atoms with E-state index >= 15 is 0 Å². The van der Waals surface area contributed by atoms with Gasteiger partial charge in [0.25, 0.3) is 0 Å². The Bertz CT molecular complexity index is 773. The Kier molecular flexibility index (Phi) is 5.76. The molecule has 1 aromatic carbocycles. The quantitative estimate of drug-likeness (QED) is 0.578. The monoisotopic (exact) mass is 381 g/mol. The Labute approximate surface area is 154 Å². The number of hydrogen-bond acceptors (Lipinski definition) is 4. The molecule has 0 fully saturated rings. The average Bonchev–Trinajstić information content (AvgIpc) is 2.49. The summed E-state index contributed by atoms with van der Waals surface area (Å²) in [6.45, 7) is 10.2. The van der Waals surface area contributed by atoms with Crippen molar-refractivity contribution in [3.05, 3.63) is 35.6 Å². The van der Waals surface area contributed by atoms with Crippen molar-refractivity contribution in [1.82, 2.24) is 4.98 Å². The van der Waals surface area contributed by atoms with Crippen molar-refractivity contribution in [3.8, 4) is 5.75 Å². The lowest BCUT2D eigenvalue weighted by atomic mass is 10.2. The van der Waals surface area contributed by atoms with Gasteiger partial charge in [0, 0.05) is 11.6 Å². The van der Waals surface area contributed by atoms with E-state index in [0.29, 0.717) is 10.9 Å². The summed E-state index contributed by atoms with van der Waals surface area (Å²) in [5, 5.41) is 11.6. The third-order valence-electron chi connectivity index (χ3n) is 4.58. The highest BCUT2D eigenvalue weighted by atomic mass is 35.5. The summed E-state index contributed by atoms with van der Waals surface area (Å²) < 4.78 is 11.7. The van der Waals surface area contributed by atoms with Gasteiger partial charge in [-0.25, -0.2) is 9.78 Å². The molecule has 0 spiro atoms. The van der Waals surface area contributed by atoms with Crippen molar-refractivity contribution >= 4 is 36.7 Å². The molecule has 1 aromatic heterocycles. The van der Waals surface area contributed by atoms with Gasteiger partial charge in [-0.15, -0.1) is 0 Å². The molecule has 0 aliphatic rings. The van der Waals surface area contributed by atoms with Crippen molar-refractivity contribution in [2.75, 3.05) is 6.61 Å². The smallest absolute Gasteiger partial charge is 0.335 e. The Morgan fingerprint density at radius 2 is 1.96 bits per heavy atom. The van der Waals surface area contributed by atoms with Gasteiger partial charge < -0.3 is 14.3 Å². The van der Waals surface area contributed by atoms with Gasteiger partial charge in [-0.05, 0) is 41.7 Å². The van der Waals surface area contributed by atoms with E-state index in [-0.39, 0.29) is 11.6 Å². The first-order valence-corrected chi connectivity index (χ1v) is 11.4. The van der Waals surface area contributed by atoms with Gasteiger partial charge in [-0.2, -0.15) is 0 Å². The number of rotatable bonds is 6. The predicted molar refractivity (Wildman–Crippen MR) is 102 cm³/mol. The normalized spacial score (nSPS) is 13.7. The molecular formula is C18H24ClNO4Si. The third kappa shape index (κ3) is 4.93. The molecule has 0 saturated carbocycles. The summed E-state index contributed by atoms with van der Waals surface area (Å²) in [5.41, 5.74) is 0. The molecular weight excluding hydrogens is 358 g/mol. The minimum atomic E-state index is -2.20. The van der Waals surface area contributed by atoms with Crippen LogP contribution in [0.15, 0.2) is 30.5 Å². The number of pyridine rings is 1. The molecule has 1 N–H and O–H groups in total. The average molecular weight is 382 g/mol. The van der Waals surface area contributed by atoms with Gasteiger partial charge in [-0.3, -0.25) is 0 Å². The van der Waals surface area contributed by atoms with Crippen LogP contribution >= 0.6 is 11.6 Å². The number of nitrogens with zero attached hydrogens (tertiary/aromatic N) is 1. The Morgan fingerprint density at radius 3 is 2.56 bits per heavy atom. The van der Waals surface area contributed by atoms with E-state index in [1.165, 1.54) is 0 Å². The Balaban J connectivity index is 2.11. The Hall–Kier alpha value is -1.63. The number of carboxylic acids is 1. The third-order valence-corrected chi connectivity index (χ3v) is 9.27. The maximum absolute atomic E-state index is 11.6. The lowest BCUT2D eigenvalue weighted by Gasteiger charge is -2.38. The number of aliphatic carboxylic acids is 1. The van der Waals surface area contributed by atoms with Crippen LogP contribution < -0.4 is 4.74 Å². The summed E-state index contributed by atoms with van der Waals surface area (Å²) in [5.74, 6) is -0.444. The zero-order valence-corrected chi connectivity index (χ0v) is 16.9. The molecule has 0 bridgehead atoms. The minimum Gasteiger partial charge on any atom is -0.490 e. The van der Waals surface area contributed by atoms with Crippen molar-refractivity contribution < 1.29 is 19.1 Å². The SMILES string of the molecule is CC(C)(C)[Si](C)(C)O[C@H](COc1ccc2cc(Cl)ncc2c1)C(=O)O. The lowest BCUT2D eigenvalue weighted by molar-refractivity contribution is -0.147. The second-order valence-electron chi connectivity index (χ2n) is 7.53. The molecule has 0 radical (unpaired) electrons. The van der Waals surface area contributed by atoms with E-state index < -0.39 is 20.4 Å². The van der Waals surface area contributed by atoms with Crippen LogP contribution in [0.1, 0.15) is 20.8 Å². The zero-order valence-electron chi connectivity index (χ0n) is 15.2. The maximum Gasteiger partial charge on any atom is 0.335 e. The largest absolute Gasteiger partial charge is 0.490 e. The predicted octanol–water partition coefficient (Wildman–Crippen LogP) is 4.74. The summed E-state index contributed by atoms with van der Waals surface area (Å²) in [7, 11) is -2.20. The fourth-order valence-electron chi connectivity index (χ4n) is 2.04. The number of fused-ring (bicyclic) bond motifs is 1. The van der Waals surface area contributed by atoms with Gasteiger partial charge in [0.15, 0.2) is 14.4 Å². The first-order valence-electron chi connectivity index (χ1n) is 8.08. The van der Waals surface area contributed by atoms with Crippen LogP contribution in [0.4, 0.5) is 0 Å². The first-order chi connectivity index (χ1) is 11.5. The highest BCUT2D eigenvalue weighted by Crippen LogP contribution is 2.37. The molecule has 5 nitrogen and oxygen atoms in total. The molecule has 2 aromatic rings. The fraction of sp³-hybridized carbons (Fsp3) is 0.444. The van der Waals surface area contributed by atoms with Crippen molar-refractivity contribution in [3.63, 3.8) is 0 Å². The summed E-state index contributed by atoms with van der Waals surface area (Å²) in [6, 6.07) is 7.22. The topological polar surface area (TPSA) is 68.7 Å². The van der Waals surface area contributed by atoms with Crippen molar-refractivity contribution in [1.29, 1.82) is 0 Å². The van der Waals surface area contributed by atoms with Crippen LogP contribution in [0, 0.1) is 0 Å². The molecule has 7 heteroatoms. The van der Waals surface area contributed by atoms with Crippen molar-refractivity contribution in [2.45, 2.75) is 45.0 Å². The number of aromatic nitrogens is 1. The van der Waals surface area contributed by atoms with Gasteiger partial charge >= 0.3 is 5.97 Å². The van der Waals surface area contributed by atoms with E-state index in [9.17, 15) is 9.90 Å². The van der Waals surface area contributed by atoms with Crippen LogP contribution in [0.25, 0.3) is 10.8 Å². The molecule has 0 unspecified atom stereocenters. The summed E-state index contributed by atoms with van der Waals surface area (Å²) in [4.78, 5) is 15.6. The molecule has 1 atom stereocenters. The van der Waals surface area contributed by atoms with E-state index in [4.69, 9.17) is 20.8 Å². The molecule has 0 aliphatic heterocycles. The molecule has 0 saturated heterocycles. The highest BCUT2D eigenvalue weighted by Gasteiger charge is 2.41. The standard InChI is InChI=1S/C18H24ClNO4Si/c1-18(2,3)25(4,5)24-15(17(21)22)11-23-14-7-6-12-9-16(19)20-10-13(12)8-14/h6-10,15H,11H2,1-5H3,(H,21,22)/t15-/m1/s1. The molecule has 25 heavy (non-hydrogen) atoms. The highest BCUT2D eigenvalue weighted by molar-refractivity contribution is 6.74. The zero-order chi connectivity index (χ0) is 18.8. The van der Waals surface area contributed by atoms with Gasteiger partial charge in [0.1, 0.15) is 17.5 Å². The van der Waals surface area contributed by atoms with Crippen LogP contribution in [-0.4, -0.2) is 37.1 Å². The minimum absolute atomic E-state index is 0.0473. The molecule has 1 heterocycles. The van der Waals surface area contributed by atoms with E-state index in [0.717, 1.165) is 10.8 Å². The summed E-state index contributed by atoms with van der Waals surface area (Å²) in [6.07, 6.45) is 0.658. The van der Waals surface area contributed by atoms with Crippen LogP contribution in [0.3, 0.4) is 0 Å². The second kappa shape index (κ2) is 7.31. The van der Waals surface area contributed by atoms with E-state index in [2.05, 4.69) is 25.8 Å². The van der Waals surface area contributed by atoms with E-state index in [1.54, 1.807) is 18.3 Å². The Morgan fingerprint density at radius 1 is 1.28 bits per heavy atom. The van der Waals surface area contributed by atoms with E-state index in [1.807, 2.05) is 25.2 Å². The second-order valence-corrected chi connectivity index (χ2v) is 12.7. The van der Waals surface area contributed by atoms with Crippen LogP contribution in [0.2, 0.25) is 23.3 Å². The molecule has 0 amide bonds. The lowest BCUT2D eigenvalue weighted by Crippen LogP contribution is -2.47. The maximum atomic E-state index is 11.6. The first kappa shape index (κ1) is 19.7. The van der Waals surface area contributed by atoms with Crippen LogP contribution in [-0.2, 0) is 9.22 Å². The summed E-state index contributed by atoms with van der Waals surface area (Å²) >= 11 is 5.87. The van der Waals surface area contributed by atoms with Crippen molar-refractivity contribution in [2.24, 2.45) is 0 Å². The molecule has 136 valence electrons.